The molecule has 0 aliphatic heterocycles. The van der Waals surface area contributed by atoms with E-state index in [1.807, 2.05) is 0 Å². The second kappa shape index (κ2) is 8.00. The number of anilines is 2. The van der Waals surface area contributed by atoms with Gasteiger partial charge in [0.2, 0.25) is 5.91 Å². The van der Waals surface area contributed by atoms with Crippen molar-refractivity contribution < 1.29 is 9.53 Å². The lowest BCUT2D eigenvalue weighted by molar-refractivity contribution is -0.116. The molecular formula is C15H25ClN2O2. The van der Waals surface area contributed by atoms with Crippen LogP contribution in [0.2, 0.25) is 0 Å². The van der Waals surface area contributed by atoms with Gasteiger partial charge < -0.3 is 15.8 Å². The zero-order valence-corrected chi connectivity index (χ0v) is 13.5. The van der Waals surface area contributed by atoms with Gasteiger partial charge in [0.1, 0.15) is 5.75 Å². The highest BCUT2D eigenvalue weighted by Gasteiger charge is 2.11. The van der Waals surface area contributed by atoms with Gasteiger partial charge in [-0.1, -0.05) is 20.8 Å². The summed E-state index contributed by atoms with van der Waals surface area (Å²) in [5.74, 6) is 0.638. The highest BCUT2D eigenvalue weighted by molar-refractivity contribution is 5.91. The van der Waals surface area contributed by atoms with Gasteiger partial charge in [-0.3, -0.25) is 4.79 Å². The molecule has 0 atom stereocenters. The topological polar surface area (TPSA) is 64.3 Å². The Labute approximate surface area is 127 Å². The molecule has 4 nitrogen and oxygen atoms in total. The molecule has 0 radical (unpaired) electrons. The minimum absolute atomic E-state index is 0. The number of rotatable bonds is 5. The van der Waals surface area contributed by atoms with Crippen LogP contribution in [0.5, 0.6) is 5.75 Å². The molecule has 1 aromatic rings. The van der Waals surface area contributed by atoms with Crippen molar-refractivity contribution in [2.24, 2.45) is 5.41 Å². The van der Waals surface area contributed by atoms with Crippen LogP contribution in [0.15, 0.2) is 18.2 Å². The molecule has 5 heteroatoms. The number of nitrogens with one attached hydrogen (secondary N) is 1. The van der Waals surface area contributed by atoms with E-state index in [9.17, 15) is 4.79 Å². The Morgan fingerprint density at radius 2 is 2.00 bits per heavy atom. The largest absolute Gasteiger partial charge is 0.495 e. The molecule has 0 unspecified atom stereocenters. The predicted molar refractivity (Wildman–Crippen MR) is 86.6 cm³/mol. The quantitative estimate of drug-likeness (QED) is 0.812. The SMILES string of the molecule is COc1ccc(NC(=O)CCCC(C)(C)C)cc1N.Cl. The number of benzene rings is 1. The third-order valence-electron chi connectivity index (χ3n) is 2.84. The Morgan fingerprint density at radius 3 is 2.50 bits per heavy atom. The molecule has 0 spiro atoms. The monoisotopic (exact) mass is 300 g/mol. The Kier molecular flexibility index (Phi) is 7.43. The van der Waals surface area contributed by atoms with Crippen LogP contribution in [-0.4, -0.2) is 13.0 Å². The Morgan fingerprint density at radius 1 is 1.35 bits per heavy atom. The normalized spacial score (nSPS) is 10.6. The van der Waals surface area contributed by atoms with Gasteiger partial charge in [-0.25, -0.2) is 0 Å². The molecule has 1 amide bonds. The van der Waals surface area contributed by atoms with Gasteiger partial charge in [0, 0.05) is 12.1 Å². The summed E-state index contributed by atoms with van der Waals surface area (Å²) in [6, 6.07) is 5.25. The number of halogens is 1. The second-order valence-corrected chi connectivity index (χ2v) is 5.92. The number of carbonyl (C=O) groups is 1. The number of hydrogen-bond donors (Lipinski definition) is 2. The Hall–Kier alpha value is -1.42. The highest BCUT2D eigenvalue weighted by Crippen LogP contribution is 2.25. The highest BCUT2D eigenvalue weighted by atomic mass is 35.5. The molecule has 114 valence electrons. The zero-order chi connectivity index (χ0) is 14.5. The van der Waals surface area contributed by atoms with E-state index in [0.29, 0.717) is 23.5 Å². The lowest BCUT2D eigenvalue weighted by Gasteiger charge is -2.17. The molecular weight excluding hydrogens is 276 g/mol. The van der Waals surface area contributed by atoms with Crippen LogP contribution in [0.25, 0.3) is 0 Å². The van der Waals surface area contributed by atoms with Crippen LogP contribution >= 0.6 is 12.4 Å². The first kappa shape index (κ1) is 18.6. The Bertz CT molecular complexity index is 442. The molecule has 0 aromatic heterocycles. The maximum atomic E-state index is 11.8. The van der Waals surface area contributed by atoms with E-state index < -0.39 is 0 Å². The summed E-state index contributed by atoms with van der Waals surface area (Å²) in [4.78, 5) is 11.8. The first-order valence-electron chi connectivity index (χ1n) is 6.55. The first-order valence-corrected chi connectivity index (χ1v) is 6.55. The van der Waals surface area contributed by atoms with Gasteiger partial charge in [-0.15, -0.1) is 12.4 Å². The smallest absolute Gasteiger partial charge is 0.224 e. The minimum atomic E-state index is 0. The van der Waals surface area contributed by atoms with Gasteiger partial charge in [-0.2, -0.15) is 0 Å². The maximum absolute atomic E-state index is 11.8. The molecule has 0 saturated heterocycles. The fourth-order valence-corrected chi connectivity index (χ4v) is 1.81. The fourth-order valence-electron chi connectivity index (χ4n) is 1.81. The third-order valence-corrected chi connectivity index (χ3v) is 2.84. The number of carbonyl (C=O) groups excluding carboxylic acids is 1. The molecule has 1 aromatic carbocycles. The van der Waals surface area contributed by atoms with Crippen LogP contribution < -0.4 is 15.8 Å². The van der Waals surface area contributed by atoms with E-state index in [4.69, 9.17) is 10.5 Å². The minimum Gasteiger partial charge on any atom is -0.495 e. The molecule has 1 rings (SSSR count). The summed E-state index contributed by atoms with van der Waals surface area (Å²) >= 11 is 0. The van der Waals surface area contributed by atoms with Crippen molar-refractivity contribution in [2.75, 3.05) is 18.2 Å². The third kappa shape index (κ3) is 6.66. The predicted octanol–water partition coefficient (Wildman–Crippen LogP) is 3.85. The van der Waals surface area contributed by atoms with E-state index in [2.05, 4.69) is 26.1 Å². The number of nitrogens with two attached hydrogens (primary N) is 1. The van der Waals surface area contributed by atoms with Crippen LogP contribution in [0.4, 0.5) is 11.4 Å². The van der Waals surface area contributed by atoms with Crippen molar-refractivity contribution >= 4 is 29.7 Å². The van der Waals surface area contributed by atoms with Crippen molar-refractivity contribution in [3.63, 3.8) is 0 Å². The van der Waals surface area contributed by atoms with Gasteiger partial charge in [-0.05, 0) is 36.5 Å². The van der Waals surface area contributed by atoms with Crippen molar-refractivity contribution in [2.45, 2.75) is 40.0 Å². The zero-order valence-electron chi connectivity index (χ0n) is 12.7. The number of nitrogen functional groups attached to an aromatic ring is 1. The summed E-state index contributed by atoms with van der Waals surface area (Å²) in [6.07, 6.45) is 2.45. The van der Waals surface area contributed by atoms with Crippen LogP contribution in [-0.2, 0) is 4.79 Å². The lowest BCUT2D eigenvalue weighted by atomic mass is 9.90. The summed E-state index contributed by atoms with van der Waals surface area (Å²) in [6.45, 7) is 6.53. The average molecular weight is 301 g/mol. The molecule has 0 fully saturated rings. The lowest BCUT2D eigenvalue weighted by Crippen LogP contribution is -2.13. The molecule has 0 aliphatic carbocycles. The maximum Gasteiger partial charge on any atom is 0.224 e. The van der Waals surface area contributed by atoms with E-state index in [-0.39, 0.29) is 23.7 Å². The van der Waals surface area contributed by atoms with Crippen molar-refractivity contribution in [3.8, 4) is 5.75 Å². The second-order valence-electron chi connectivity index (χ2n) is 5.92. The van der Waals surface area contributed by atoms with Crippen LogP contribution in [0.3, 0.4) is 0 Å². The van der Waals surface area contributed by atoms with Gasteiger partial charge >= 0.3 is 0 Å². The molecule has 0 bridgehead atoms. The van der Waals surface area contributed by atoms with Crippen LogP contribution in [0, 0.1) is 5.41 Å². The number of methoxy groups -OCH3 is 1. The summed E-state index contributed by atoms with van der Waals surface area (Å²) < 4.78 is 5.07. The molecule has 0 aliphatic rings. The van der Waals surface area contributed by atoms with Crippen molar-refractivity contribution in [3.05, 3.63) is 18.2 Å². The molecule has 3 N–H and O–H groups in total. The Balaban J connectivity index is 0.00000361. The number of ether oxygens (including phenoxy) is 1. The van der Waals surface area contributed by atoms with Gasteiger partial charge in [0.25, 0.3) is 0 Å². The summed E-state index contributed by atoms with van der Waals surface area (Å²) in [5, 5.41) is 2.85. The van der Waals surface area contributed by atoms with E-state index in [1.54, 1.807) is 25.3 Å². The van der Waals surface area contributed by atoms with Crippen molar-refractivity contribution in [1.82, 2.24) is 0 Å². The standard InChI is InChI=1S/C15H24N2O2.ClH/c1-15(2,3)9-5-6-14(18)17-11-7-8-13(19-4)12(16)10-11;/h7-8,10H,5-6,9,16H2,1-4H3,(H,17,18);1H. The number of hydrogen-bond acceptors (Lipinski definition) is 3. The van der Waals surface area contributed by atoms with Gasteiger partial charge in [0.15, 0.2) is 0 Å². The van der Waals surface area contributed by atoms with E-state index in [1.165, 1.54) is 0 Å². The first-order chi connectivity index (χ1) is 8.81. The van der Waals surface area contributed by atoms with Crippen molar-refractivity contribution in [1.29, 1.82) is 0 Å². The van der Waals surface area contributed by atoms with Crippen LogP contribution in [0.1, 0.15) is 40.0 Å². The number of amides is 1. The van der Waals surface area contributed by atoms with E-state index in [0.717, 1.165) is 12.8 Å². The average Bonchev–Trinajstić information content (AvgIpc) is 2.27. The fraction of sp³-hybridized carbons (Fsp3) is 0.533. The summed E-state index contributed by atoms with van der Waals surface area (Å²) in [5.41, 5.74) is 7.29. The molecule has 0 heterocycles. The van der Waals surface area contributed by atoms with E-state index >= 15 is 0 Å². The molecule has 20 heavy (non-hydrogen) atoms. The summed E-state index contributed by atoms with van der Waals surface area (Å²) in [7, 11) is 1.57. The van der Waals surface area contributed by atoms with Gasteiger partial charge in [0.05, 0.1) is 12.8 Å². The molecule has 0 saturated carbocycles.